The highest BCUT2D eigenvalue weighted by molar-refractivity contribution is 5.89. The molecule has 0 aliphatic carbocycles. The predicted molar refractivity (Wildman–Crippen MR) is 90.5 cm³/mol. The largest absolute Gasteiger partial charge is 0.489 e. The fourth-order valence-electron chi connectivity index (χ4n) is 2.14. The van der Waals surface area contributed by atoms with E-state index in [0.717, 1.165) is 5.56 Å². The lowest BCUT2D eigenvalue weighted by Crippen LogP contribution is -2.36. The summed E-state index contributed by atoms with van der Waals surface area (Å²) in [6.45, 7) is 2.86. The fraction of sp³-hybridized carbons (Fsp3) is 0.278. The van der Waals surface area contributed by atoms with Crippen molar-refractivity contribution in [3.05, 3.63) is 59.9 Å². The number of aliphatic hydroxyl groups excluding tert-OH is 1. The maximum absolute atomic E-state index is 12.9. The Labute approximate surface area is 140 Å². The first kappa shape index (κ1) is 17.7. The van der Waals surface area contributed by atoms with E-state index in [2.05, 4.69) is 5.32 Å². The molecule has 0 aliphatic rings. The summed E-state index contributed by atoms with van der Waals surface area (Å²) in [6.07, 6.45) is 0. The molecule has 0 fully saturated rings. The smallest absolute Gasteiger partial charge is 0.321 e. The van der Waals surface area contributed by atoms with E-state index in [1.165, 1.54) is 17.0 Å². The Hall–Kier alpha value is -2.60. The molecule has 6 heteroatoms. The van der Waals surface area contributed by atoms with Crippen LogP contribution in [-0.2, 0) is 6.61 Å². The van der Waals surface area contributed by atoms with Crippen LogP contribution in [0.5, 0.6) is 5.75 Å². The summed E-state index contributed by atoms with van der Waals surface area (Å²) in [7, 11) is 0. The lowest BCUT2D eigenvalue weighted by molar-refractivity contribution is 0.192. The molecule has 0 atom stereocenters. The third kappa shape index (κ3) is 5.24. The molecule has 0 saturated carbocycles. The number of ether oxygens (including phenoxy) is 1. The van der Waals surface area contributed by atoms with E-state index >= 15 is 0 Å². The molecule has 0 radical (unpaired) electrons. The lowest BCUT2D eigenvalue weighted by atomic mass is 10.2. The van der Waals surface area contributed by atoms with Gasteiger partial charge in [-0.25, -0.2) is 9.18 Å². The van der Waals surface area contributed by atoms with Crippen LogP contribution >= 0.6 is 0 Å². The van der Waals surface area contributed by atoms with Gasteiger partial charge in [0, 0.05) is 24.8 Å². The van der Waals surface area contributed by atoms with Crippen LogP contribution < -0.4 is 10.1 Å². The van der Waals surface area contributed by atoms with Crippen molar-refractivity contribution in [2.45, 2.75) is 13.5 Å². The van der Waals surface area contributed by atoms with Crippen molar-refractivity contribution in [2.24, 2.45) is 0 Å². The molecule has 2 aromatic carbocycles. The Kier molecular flexibility index (Phi) is 6.57. The summed E-state index contributed by atoms with van der Waals surface area (Å²) in [5.41, 5.74) is 1.46. The van der Waals surface area contributed by atoms with E-state index in [1.807, 2.05) is 6.92 Å². The first-order chi connectivity index (χ1) is 11.6. The minimum absolute atomic E-state index is 0.0813. The van der Waals surface area contributed by atoms with Crippen LogP contribution in [0.3, 0.4) is 0 Å². The number of aliphatic hydroxyl groups is 1. The van der Waals surface area contributed by atoms with Gasteiger partial charge >= 0.3 is 6.03 Å². The molecule has 0 spiro atoms. The topological polar surface area (TPSA) is 61.8 Å². The van der Waals surface area contributed by atoms with Crippen LogP contribution in [0.4, 0.5) is 14.9 Å². The Morgan fingerprint density at radius 1 is 1.25 bits per heavy atom. The van der Waals surface area contributed by atoms with Gasteiger partial charge in [-0.1, -0.05) is 18.2 Å². The summed E-state index contributed by atoms with van der Waals surface area (Å²) < 4.78 is 18.5. The molecule has 0 unspecified atom stereocenters. The van der Waals surface area contributed by atoms with Crippen LogP contribution in [0, 0.1) is 5.82 Å². The first-order valence-corrected chi connectivity index (χ1v) is 7.76. The molecule has 0 aliphatic heterocycles. The molecular weight excluding hydrogens is 311 g/mol. The van der Waals surface area contributed by atoms with Crippen molar-refractivity contribution >= 4 is 11.7 Å². The molecule has 0 aromatic heterocycles. The maximum Gasteiger partial charge on any atom is 0.321 e. The zero-order chi connectivity index (χ0) is 17.4. The number of rotatable bonds is 7. The second kappa shape index (κ2) is 8.88. The number of nitrogens with zero attached hydrogens (tertiary/aromatic N) is 1. The highest BCUT2D eigenvalue weighted by Crippen LogP contribution is 2.19. The molecule has 2 amide bonds. The molecule has 2 aromatic rings. The van der Waals surface area contributed by atoms with Crippen LogP contribution in [0.2, 0.25) is 0 Å². The quantitative estimate of drug-likeness (QED) is 0.818. The number of likely N-dealkylation sites (N-methyl/N-ethyl adjacent to an activating group) is 1. The molecular formula is C18H21FN2O3. The zero-order valence-corrected chi connectivity index (χ0v) is 13.5. The third-order valence-corrected chi connectivity index (χ3v) is 3.44. The number of carbonyl (C=O) groups excluding carboxylic acids is 1. The summed E-state index contributed by atoms with van der Waals surface area (Å²) in [4.78, 5) is 13.6. The Bertz CT molecular complexity index is 662. The zero-order valence-electron chi connectivity index (χ0n) is 13.5. The molecule has 5 nitrogen and oxygen atoms in total. The summed E-state index contributed by atoms with van der Waals surface area (Å²) in [6, 6.07) is 12.9. The number of halogens is 1. The number of nitrogens with one attached hydrogen (secondary N) is 1. The van der Waals surface area contributed by atoms with Crippen molar-refractivity contribution < 1.29 is 19.0 Å². The predicted octanol–water partition coefficient (Wildman–Crippen LogP) is 3.25. The van der Waals surface area contributed by atoms with Gasteiger partial charge in [0.2, 0.25) is 0 Å². The number of amides is 2. The monoisotopic (exact) mass is 332 g/mol. The normalized spacial score (nSPS) is 10.3. The Balaban J connectivity index is 1.95. The average molecular weight is 332 g/mol. The minimum atomic E-state index is -0.285. The van der Waals surface area contributed by atoms with Gasteiger partial charge in [-0.05, 0) is 36.8 Å². The molecule has 2 N–H and O–H groups in total. The van der Waals surface area contributed by atoms with Crippen LogP contribution in [0.1, 0.15) is 12.5 Å². The lowest BCUT2D eigenvalue weighted by Gasteiger charge is -2.20. The number of anilines is 1. The van der Waals surface area contributed by atoms with Gasteiger partial charge in [0.1, 0.15) is 18.2 Å². The van der Waals surface area contributed by atoms with Gasteiger partial charge in [0.25, 0.3) is 0 Å². The first-order valence-electron chi connectivity index (χ1n) is 7.76. The number of carbonyl (C=O) groups is 1. The third-order valence-electron chi connectivity index (χ3n) is 3.44. The van der Waals surface area contributed by atoms with Gasteiger partial charge in [0.05, 0.1) is 6.61 Å². The highest BCUT2D eigenvalue weighted by Gasteiger charge is 2.11. The molecule has 0 bridgehead atoms. The number of hydrogen-bond acceptors (Lipinski definition) is 3. The van der Waals surface area contributed by atoms with E-state index in [0.29, 0.717) is 24.6 Å². The molecule has 0 heterocycles. The SMILES string of the molecule is CCN(CCO)C(=O)Nc1cccc(OCc2ccc(F)cc2)c1. The van der Waals surface area contributed by atoms with E-state index in [-0.39, 0.29) is 25.0 Å². The molecule has 128 valence electrons. The summed E-state index contributed by atoms with van der Waals surface area (Å²) in [5.74, 6) is 0.314. The van der Waals surface area contributed by atoms with Crippen LogP contribution in [0.15, 0.2) is 48.5 Å². The van der Waals surface area contributed by atoms with Crippen molar-refractivity contribution in [2.75, 3.05) is 25.0 Å². The highest BCUT2D eigenvalue weighted by atomic mass is 19.1. The Morgan fingerprint density at radius 3 is 2.67 bits per heavy atom. The molecule has 24 heavy (non-hydrogen) atoms. The maximum atomic E-state index is 12.9. The van der Waals surface area contributed by atoms with E-state index < -0.39 is 0 Å². The summed E-state index contributed by atoms with van der Waals surface area (Å²) in [5, 5.41) is 11.7. The van der Waals surface area contributed by atoms with Crippen LogP contribution in [-0.4, -0.2) is 35.7 Å². The standard InChI is InChI=1S/C18H21FN2O3/c1-2-21(10-11-22)18(23)20-16-4-3-5-17(12-16)24-13-14-6-8-15(19)9-7-14/h3-9,12,22H,2,10-11,13H2,1H3,(H,20,23). The molecule has 0 saturated heterocycles. The van der Waals surface area contributed by atoms with Gasteiger partial charge < -0.3 is 20.1 Å². The molecule has 2 rings (SSSR count). The van der Waals surface area contributed by atoms with Crippen LogP contribution in [0.25, 0.3) is 0 Å². The van der Waals surface area contributed by atoms with Crippen molar-refractivity contribution in [3.8, 4) is 5.75 Å². The van der Waals surface area contributed by atoms with Gasteiger partial charge in [-0.2, -0.15) is 0 Å². The van der Waals surface area contributed by atoms with E-state index in [1.54, 1.807) is 36.4 Å². The number of hydrogen-bond donors (Lipinski definition) is 2. The van der Waals surface area contributed by atoms with Crippen molar-refractivity contribution in [3.63, 3.8) is 0 Å². The van der Waals surface area contributed by atoms with Crippen molar-refractivity contribution in [1.82, 2.24) is 4.90 Å². The second-order valence-electron chi connectivity index (χ2n) is 5.18. The van der Waals surface area contributed by atoms with Gasteiger partial charge in [-0.15, -0.1) is 0 Å². The van der Waals surface area contributed by atoms with E-state index in [9.17, 15) is 9.18 Å². The van der Waals surface area contributed by atoms with Gasteiger partial charge in [0.15, 0.2) is 0 Å². The number of urea groups is 1. The average Bonchev–Trinajstić information content (AvgIpc) is 2.59. The number of benzene rings is 2. The minimum Gasteiger partial charge on any atom is -0.489 e. The van der Waals surface area contributed by atoms with E-state index in [4.69, 9.17) is 9.84 Å². The van der Waals surface area contributed by atoms with Gasteiger partial charge in [-0.3, -0.25) is 0 Å². The second-order valence-corrected chi connectivity index (χ2v) is 5.18. The summed E-state index contributed by atoms with van der Waals surface area (Å²) >= 11 is 0. The van der Waals surface area contributed by atoms with Crippen molar-refractivity contribution in [1.29, 1.82) is 0 Å². The Morgan fingerprint density at radius 2 is 2.00 bits per heavy atom. The fourth-order valence-corrected chi connectivity index (χ4v) is 2.14.